The number of likely N-dealkylation sites (tertiary alicyclic amines) is 1. The molecule has 1 unspecified atom stereocenters. The Bertz CT molecular complexity index is 389. The summed E-state index contributed by atoms with van der Waals surface area (Å²) in [5.74, 6) is 2.18. The third-order valence-corrected chi connectivity index (χ3v) is 5.58. The van der Waals surface area contributed by atoms with Crippen LogP contribution in [-0.4, -0.2) is 37.0 Å². The molecule has 2 aliphatic rings. The van der Waals surface area contributed by atoms with Gasteiger partial charge in [-0.05, 0) is 57.3 Å². The minimum Gasteiger partial charge on any atom is -0.466 e. The fraction of sp³-hybridized carbons (Fsp3) is 0.913. The minimum absolute atomic E-state index is 0.0300. The molecule has 1 saturated carbocycles. The molecule has 1 atom stereocenters. The summed E-state index contributed by atoms with van der Waals surface area (Å²) in [5.41, 5.74) is 0. The van der Waals surface area contributed by atoms with Crippen LogP contribution in [0.2, 0.25) is 0 Å². The van der Waals surface area contributed by atoms with Crippen LogP contribution in [0.5, 0.6) is 0 Å². The van der Waals surface area contributed by atoms with Gasteiger partial charge in [0.25, 0.3) is 0 Å². The molecule has 1 aliphatic heterocycles. The summed E-state index contributed by atoms with van der Waals surface area (Å²) in [4.78, 5) is 24.4. The number of amides is 1. The summed E-state index contributed by atoms with van der Waals surface area (Å²) in [5, 5.41) is 0. The highest BCUT2D eigenvalue weighted by molar-refractivity contribution is 5.76. The zero-order valence-corrected chi connectivity index (χ0v) is 18.9. The number of hydrogen-bond acceptors (Lipinski definition) is 3. The average Bonchev–Trinajstić information content (AvgIpc) is 2.68. The van der Waals surface area contributed by atoms with Crippen LogP contribution in [0.4, 0.5) is 0 Å². The molecule has 4 heteroatoms. The first-order valence-corrected chi connectivity index (χ1v) is 11.4. The van der Waals surface area contributed by atoms with Gasteiger partial charge in [-0.15, -0.1) is 0 Å². The maximum atomic E-state index is 11.4. The molecule has 0 spiro atoms. The lowest BCUT2D eigenvalue weighted by Gasteiger charge is -2.29. The second-order valence-corrected chi connectivity index (χ2v) is 7.73. The summed E-state index contributed by atoms with van der Waals surface area (Å²) in [6.07, 6.45) is 11.5. The lowest BCUT2D eigenvalue weighted by molar-refractivity contribution is -0.149. The quantitative estimate of drug-likeness (QED) is 0.542. The van der Waals surface area contributed by atoms with E-state index in [2.05, 4.69) is 13.8 Å². The van der Waals surface area contributed by atoms with Crippen LogP contribution in [0.15, 0.2) is 0 Å². The predicted octanol–water partition coefficient (Wildman–Crippen LogP) is 5.84. The van der Waals surface area contributed by atoms with E-state index in [4.69, 9.17) is 4.74 Å². The minimum atomic E-state index is 0.0300. The first-order chi connectivity index (χ1) is 13.0. The van der Waals surface area contributed by atoms with Crippen molar-refractivity contribution < 1.29 is 14.3 Å². The van der Waals surface area contributed by atoms with Crippen molar-refractivity contribution in [3.8, 4) is 0 Å². The Hall–Kier alpha value is -1.06. The molecule has 1 amide bonds. The summed E-state index contributed by atoms with van der Waals surface area (Å²) < 4.78 is 5.04. The topological polar surface area (TPSA) is 46.6 Å². The van der Waals surface area contributed by atoms with Crippen molar-refractivity contribution in [3.05, 3.63) is 0 Å². The molecule has 27 heavy (non-hydrogen) atoms. The van der Waals surface area contributed by atoms with Gasteiger partial charge in [0, 0.05) is 20.0 Å². The highest BCUT2D eigenvalue weighted by atomic mass is 16.5. The van der Waals surface area contributed by atoms with Crippen LogP contribution >= 0.6 is 0 Å². The van der Waals surface area contributed by atoms with E-state index >= 15 is 0 Å². The molecule has 1 heterocycles. The summed E-state index contributed by atoms with van der Waals surface area (Å²) >= 11 is 0. The Kier molecular flexibility index (Phi) is 15.3. The third kappa shape index (κ3) is 10.8. The molecular formula is C23H45NO3. The maximum absolute atomic E-state index is 11.4. The van der Waals surface area contributed by atoms with Gasteiger partial charge in [-0.2, -0.15) is 0 Å². The second kappa shape index (κ2) is 15.9. The Balaban J connectivity index is 0.000000469. The molecule has 160 valence electrons. The van der Waals surface area contributed by atoms with Gasteiger partial charge in [0.1, 0.15) is 0 Å². The van der Waals surface area contributed by atoms with Crippen LogP contribution in [0.25, 0.3) is 0 Å². The zero-order chi connectivity index (χ0) is 20.7. The van der Waals surface area contributed by atoms with Crippen molar-refractivity contribution in [2.45, 2.75) is 98.8 Å². The normalized spacial score (nSPS) is 24.9. The molecule has 0 bridgehead atoms. The first kappa shape index (κ1) is 25.9. The van der Waals surface area contributed by atoms with E-state index in [1.807, 2.05) is 32.7 Å². The first-order valence-electron chi connectivity index (χ1n) is 11.4. The van der Waals surface area contributed by atoms with Crippen molar-refractivity contribution in [2.24, 2.45) is 17.8 Å². The SMILES string of the molecule is CC.CCCC1CCC(=O)N(C)C1.CCCC1CCC(C(=O)OCC)CC1. The summed E-state index contributed by atoms with van der Waals surface area (Å²) in [6, 6.07) is 0. The summed E-state index contributed by atoms with van der Waals surface area (Å²) in [7, 11) is 1.91. The van der Waals surface area contributed by atoms with E-state index in [9.17, 15) is 9.59 Å². The number of rotatable bonds is 6. The van der Waals surface area contributed by atoms with Gasteiger partial charge in [-0.25, -0.2) is 0 Å². The second-order valence-electron chi connectivity index (χ2n) is 7.73. The molecule has 0 aromatic carbocycles. The Morgan fingerprint density at radius 3 is 2.00 bits per heavy atom. The fourth-order valence-electron chi connectivity index (χ4n) is 4.10. The number of hydrogen-bond donors (Lipinski definition) is 0. The Morgan fingerprint density at radius 2 is 1.52 bits per heavy atom. The standard InChI is InChI=1S/C12H22O2.C9H17NO.C2H6/c1-3-5-10-6-8-11(9-7-10)12(13)14-4-2;1-3-4-8-5-6-9(11)10(2)7-8;1-2/h10-11H,3-9H2,1-2H3;8H,3-7H2,1-2H3;1-2H3. The van der Waals surface area contributed by atoms with Crippen LogP contribution in [0, 0.1) is 17.8 Å². The van der Waals surface area contributed by atoms with Gasteiger partial charge in [0.05, 0.1) is 12.5 Å². The maximum Gasteiger partial charge on any atom is 0.308 e. The molecule has 1 aliphatic carbocycles. The third-order valence-electron chi connectivity index (χ3n) is 5.58. The van der Waals surface area contributed by atoms with Crippen molar-refractivity contribution in [1.29, 1.82) is 0 Å². The van der Waals surface area contributed by atoms with Crippen molar-refractivity contribution in [1.82, 2.24) is 4.90 Å². The molecule has 0 N–H and O–H groups in total. The monoisotopic (exact) mass is 383 g/mol. The van der Waals surface area contributed by atoms with Gasteiger partial charge >= 0.3 is 5.97 Å². The molecule has 0 aromatic heterocycles. The molecule has 2 rings (SSSR count). The lowest BCUT2D eigenvalue weighted by Crippen LogP contribution is -2.36. The molecule has 4 nitrogen and oxygen atoms in total. The molecule has 0 aromatic rings. The van der Waals surface area contributed by atoms with Gasteiger partial charge < -0.3 is 9.64 Å². The van der Waals surface area contributed by atoms with E-state index in [0.717, 1.165) is 44.1 Å². The largest absolute Gasteiger partial charge is 0.466 e. The Labute approximate surface area is 168 Å². The number of esters is 1. The number of piperidine rings is 1. The zero-order valence-electron chi connectivity index (χ0n) is 18.9. The van der Waals surface area contributed by atoms with Crippen molar-refractivity contribution in [2.75, 3.05) is 20.2 Å². The van der Waals surface area contributed by atoms with Crippen LogP contribution in [0.3, 0.4) is 0 Å². The van der Waals surface area contributed by atoms with Gasteiger partial charge in [-0.3, -0.25) is 9.59 Å². The highest BCUT2D eigenvalue weighted by Gasteiger charge is 2.26. The van der Waals surface area contributed by atoms with E-state index < -0.39 is 0 Å². The number of ether oxygens (including phenoxy) is 1. The Morgan fingerprint density at radius 1 is 0.963 bits per heavy atom. The van der Waals surface area contributed by atoms with Gasteiger partial charge in [0.15, 0.2) is 0 Å². The number of nitrogens with zero attached hydrogens (tertiary/aromatic N) is 1. The lowest BCUT2D eigenvalue weighted by atomic mass is 9.80. The van der Waals surface area contributed by atoms with Crippen LogP contribution in [-0.2, 0) is 14.3 Å². The smallest absolute Gasteiger partial charge is 0.308 e. The predicted molar refractivity (Wildman–Crippen MR) is 114 cm³/mol. The van der Waals surface area contributed by atoms with Gasteiger partial charge in [0.2, 0.25) is 5.91 Å². The molecule has 0 radical (unpaired) electrons. The molecule has 2 fully saturated rings. The van der Waals surface area contributed by atoms with E-state index in [1.54, 1.807) is 0 Å². The van der Waals surface area contributed by atoms with E-state index in [0.29, 0.717) is 12.5 Å². The van der Waals surface area contributed by atoms with Gasteiger partial charge in [-0.1, -0.05) is 47.0 Å². The van der Waals surface area contributed by atoms with E-state index in [-0.39, 0.29) is 11.9 Å². The number of carbonyl (C=O) groups is 2. The molecule has 1 saturated heterocycles. The van der Waals surface area contributed by atoms with Crippen molar-refractivity contribution >= 4 is 11.9 Å². The van der Waals surface area contributed by atoms with Crippen LogP contribution < -0.4 is 0 Å². The summed E-state index contributed by atoms with van der Waals surface area (Å²) in [6.45, 7) is 11.8. The van der Waals surface area contributed by atoms with Crippen LogP contribution in [0.1, 0.15) is 98.8 Å². The van der Waals surface area contributed by atoms with Crippen molar-refractivity contribution in [3.63, 3.8) is 0 Å². The molecular weight excluding hydrogens is 338 g/mol. The van der Waals surface area contributed by atoms with E-state index in [1.165, 1.54) is 38.5 Å². The number of carbonyl (C=O) groups excluding carboxylic acids is 2. The average molecular weight is 384 g/mol. The highest BCUT2D eigenvalue weighted by Crippen LogP contribution is 2.32. The fourth-order valence-corrected chi connectivity index (χ4v) is 4.10.